The summed E-state index contributed by atoms with van der Waals surface area (Å²) in [6.07, 6.45) is 2.79. The number of thiophene rings is 1. The van der Waals surface area contributed by atoms with Crippen molar-refractivity contribution in [2.24, 2.45) is 5.92 Å². The third-order valence-corrected chi connectivity index (χ3v) is 6.44. The van der Waals surface area contributed by atoms with E-state index in [0.717, 1.165) is 39.0 Å². The van der Waals surface area contributed by atoms with Crippen molar-refractivity contribution in [3.63, 3.8) is 0 Å². The zero-order chi connectivity index (χ0) is 19.2. The van der Waals surface area contributed by atoms with Crippen molar-refractivity contribution in [2.75, 3.05) is 13.1 Å². The average molecular weight is 385 g/mol. The number of piperidine rings is 1. The van der Waals surface area contributed by atoms with Gasteiger partial charge >= 0.3 is 0 Å². The standard InChI is InChI=1S/C23H32N2OS/c1-18(2)15-23(26)25(17-22-19(3)11-14-27-22)21-9-12-24(13-10-21)16-20-7-5-4-6-8-20/h4-8,11,14,18,21H,9-10,12-13,15-17H2,1-3H3. The Kier molecular flexibility index (Phi) is 7.08. The lowest BCUT2D eigenvalue weighted by Crippen LogP contribution is -2.47. The molecule has 1 aromatic carbocycles. The molecule has 0 bridgehead atoms. The van der Waals surface area contributed by atoms with Gasteiger partial charge in [-0.3, -0.25) is 9.69 Å². The summed E-state index contributed by atoms with van der Waals surface area (Å²) >= 11 is 1.78. The third kappa shape index (κ3) is 5.66. The van der Waals surface area contributed by atoms with Gasteiger partial charge in [0.05, 0.1) is 6.54 Å². The minimum Gasteiger partial charge on any atom is -0.334 e. The van der Waals surface area contributed by atoms with Crippen molar-refractivity contribution >= 4 is 17.2 Å². The first-order chi connectivity index (χ1) is 13.0. The van der Waals surface area contributed by atoms with Crippen LogP contribution in [-0.4, -0.2) is 34.8 Å². The summed E-state index contributed by atoms with van der Waals surface area (Å²) in [6, 6.07) is 13.2. The zero-order valence-corrected chi connectivity index (χ0v) is 17.7. The molecule has 146 valence electrons. The van der Waals surface area contributed by atoms with Gasteiger partial charge in [-0.2, -0.15) is 0 Å². The molecule has 0 radical (unpaired) electrons. The van der Waals surface area contributed by atoms with E-state index in [1.807, 2.05) is 0 Å². The number of carbonyl (C=O) groups is 1. The molecule has 0 spiro atoms. The lowest BCUT2D eigenvalue weighted by molar-refractivity contribution is -0.136. The molecule has 0 saturated carbocycles. The van der Waals surface area contributed by atoms with Crippen molar-refractivity contribution in [3.05, 3.63) is 57.8 Å². The number of aryl methyl sites for hydroxylation is 1. The highest BCUT2D eigenvalue weighted by molar-refractivity contribution is 7.10. The Hall–Kier alpha value is -1.65. The number of amides is 1. The van der Waals surface area contributed by atoms with Gasteiger partial charge in [-0.05, 0) is 48.3 Å². The lowest BCUT2D eigenvalue weighted by atomic mass is 10.00. The van der Waals surface area contributed by atoms with Crippen LogP contribution in [0.25, 0.3) is 0 Å². The van der Waals surface area contributed by atoms with E-state index < -0.39 is 0 Å². The Morgan fingerprint density at radius 2 is 1.89 bits per heavy atom. The van der Waals surface area contributed by atoms with E-state index in [1.54, 1.807) is 11.3 Å². The van der Waals surface area contributed by atoms with E-state index >= 15 is 0 Å². The van der Waals surface area contributed by atoms with Crippen LogP contribution in [0.2, 0.25) is 0 Å². The highest BCUT2D eigenvalue weighted by Crippen LogP contribution is 2.25. The zero-order valence-electron chi connectivity index (χ0n) is 16.9. The first-order valence-corrected chi connectivity index (χ1v) is 11.0. The Balaban J connectivity index is 1.63. The number of hydrogen-bond acceptors (Lipinski definition) is 3. The van der Waals surface area contributed by atoms with Gasteiger partial charge in [0.1, 0.15) is 0 Å². The van der Waals surface area contributed by atoms with Gasteiger partial charge in [-0.15, -0.1) is 11.3 Å². The summed E-state index contributed by atoms with van der Waals surface area (Å²) in [6.45, 7) is 10.3. The van der Waals surface area contributed by atoms with Crippen LogP contribution in [0.15, 0.2) is 41.8 Å². The first kappa shape index (κ1) is 20.1. The second-order valence-electron chi connectivity index (χ2n) is 8.14. The molecule has 0 atom stereocenters. The van der Waals surface area contributed by atoms with Crippen LogP contribution in [0.1, 0.15) is 49.1 Å². The van der Waals surface area contributed by atoms with E-state index in [-0.39, 0.29) is 0 Å². The van der Waals surface area contributed by atoms with Crippen molar-refractivity contribution in [3.8, 4) is 0 Å². The topological polar surface area (TPSA) is 23.6 Å². The minimum absolute atomic E-state index is 0.319. The van der Waals surface area contributed by atoms with E-state index in [2.05, 4.69) is 72.3 Å². The van der Waals surface area contributed by atoms with Gasteiger partial charge in [0.15, 0.2) is 0 Å². The Morgan fingerprint density at radius 1 is 1.19 bits per heavy atom. The van der Waals surface area contributed by atoms with Crippen LogP contribution >= 0.6 is 11.3 Å². The monoisotopic (exact) mass is 384 g/mol. The van der Waals surface area contributed by atoms with Gasteiger partial charge in [-0.25, -0.2) is 0 Å². The second kappa shape index (κ2) is 9.52. The highest BCUT2D eigenvalue weighted by Gasteiger charge is 2.28. The number of nitrogens with zero attached hydrogens (tertiary/aromatic N) is 2. The van der Waals surface area contributed by atoms with E-state index in [4.69, 9.17) is 0 Å². The Bertz CT molecular complexity index is 717. The molecule has 4 heteroatoms. The maximum atomic E-state index is 13.0. The fraction of sp³-hybridized carbons (Fsp3) is 0.522. The smallest absolute Gasteiger partial charge is 0.223 e. The van der Waals surface area contributed by atoms with Crippen LogP contribution in [0, 0.1) is 12.8 Å². The molecule has 1 aromatic heterocycles. The molecular weight excluding hydrogens is 352 g/mol. The van der Waals surface area contributed by atoms with Crippen LogP contribution in [0.4, 0.5) is 0 Å². The summed E-state index contributed by atoms with van der Waals surface area (Å²) in [7, 11) is 0. The number of hydrogen-bond donors (Lipinski definition) is 0. The summed E-state index contributed by atoms with van der Waals surface area (Å²) in [4.78, 5) is 19.0. The largest absolute Gasteiger partial charge is 0.334 e. The van der Waals surface area contributed by atoms with Crippen molar-refractivity contribution in [1.29, 1.82) is 0 Å². The molecule has 0 N–H and O–H groups in total. The lowest BCUT2D eigenvalue weighted by Gasteiger charge is -2.39. The van der Waals surface area contributed by atoms with Crippen LogP contribution in [-0.2, 0) is 17.9 Å². The molecule has 1 fully saturated rings. The molecule has 1 aliphatic rings. The van der Waals surface area contributed by atoms with Crippen LogP contribution < -0.4 is 0 Å². The Labute approximate surface area is 168 Å². The maximum absolute atomic E-state index is 13.0. The Morgan fingerprint density at radius 3 is 2.48 bits per heavy atom. The van der Waals surface area contributed by atoms with Gasteiger partial charge in [-0.1, -0.05) is 44.2 Å². The number of carbonyl (C=O) groups excluding carboxylic acids is 1. The third-order valence-electron chi connectivity index (χ3n) is 5.43. The molecule has 0 unspecified atom stereocenters. The number of rotatable bonds is 7. The van der Waals surface area contributed by atoms with Crippen molar-refractivity contribution in [2.45, 2.75) is 59.2 Å². The normalized spacial score (nSPS) is 16.0. The summed E-state index contributed by atoms with van der Waals surface area (Å²) in [5.41, 5.74) is 2.68. The van der Waals surface area contributed by atoms with E-state index in [0.29, 0.717) is 24.3 Å². The molecule has 2 heterocycles. The number of likely N-dealkylation sites (tertiary alicyclic amines) is 1. The number of benzene rings is 1. The van der Waals surface area contributed by atoms with Crippen molar-refractivity contribution in [1.82, 2.24) is 9.80 Å². The molecule has 2 aromatic rings. The van der Waals surface area contributed by atoms with Crippen LogP contribution in [0.3, 0.4) is 0 Å². The fourth-order valence-corrected chi connectivity index (χ4v) is 4.74. The van der Waals surface area contributed by atoms with Gasteiger partial charge in [0, 0.05) is 37.0 Å². The summed E-state index contributed by atoms with van der Waals surface area (Å²) < 4.78 is 0. The fourth-order valence-electron chi connectivity index (χ4n) is 3.84. The quantitative estimate of drug-likeness (QED) is 0.663. The molecule has 1 saturated heterocycles. The molecular formula is C23H32N2OS. The van der Waals surface area contributed by atoms with Gasteiger partial charge in [0.2, 0.25) is 5.91 Å². The van der Waals surface area contributed by atoms with Gasteiger partial charge in [0.25, 0.3) is 0 Å². The molecule has 3 rings (SSSR count). The SMILES string of the molecule is Cc1ccsc1CN(C(=O)CC(C)C)C1CCN(Cc2ccccc2)CC1. The minimum atomic E-state index is 0.319. The summed E-state index contributed by atoms with van der Waals surface area (Å²) in [5.74, 6) is 0.724. The maximum Gasteiger partial charge on any atom is 0.223 e. The predicted octanol–water partition coefficient (Wildman–Crippen LogP) is 5.10. The first-order valence-electron chi connectivity index (χ1n) is 10.1. The van der Waals surface area contributed by atoms with Crippen LogP contribution in [0.5, 0.6) is 0 Å². The molecule has 3 nitrogen and oxygen atoms in total. The second-order valence-corrected chi connectivity index (χ2v) is 9.14. The highest BCUT2D eigenvalue weighted by atomic mass is 32.1. The molecule has 1 aliphatic heterocycles. The van der Waals surface area contributed by atoms with E-state index in [9.17, 15) is 4.79 Å². The molecule has 0 aliphatic carbocycles. The van der Waals surface area contributed by atoms with Crippen molar-refractivity contribution < 1.29 is 4.79 Å². The average Bonchev–Trinajstić information content (AvgIpc) is 3.05. The van der Waals surface area contributed by atoms with E-state index in [1.165, 1.54) is 16.0 Å². The predicted molar refractivity (Wildman–Crippen MR) is 114 cm³/mol. The molecule has 1 amide bonds. The summed E-state index contributed by atoms with van der Waals surface area (Å²) in [5, 5.41) is 2.14. The molecule has 27 heavy (non-hydrogen) atoms. The van der Waals surface area contributed by atoms with Gasteiger partial charge < -0.3 is 4.90 Å².